The molecule has 1 fully saturated rings. The standard InChI is InChI=1S/C20H24N4O2/c25-18(16-9-6-14-22-16)23-15-7-12-20(10-3-1-4-11-20)24-19(26)17-8-2-5-13-21-17/h2,5-6,8-9,13-14H,1,3-4,7,10-12,15H2,(H-,23,24,25,26)/p+1. The van der Waals surface area contributed by atoms with Gasteiger partial charge in [0.1, 0.15) is 5.69 Å². The molecule has 136 valence electrons. The zero-order valence-corrected chi connectivity index (χ0v) is 14.9. The minimum absolute atomic E-state index is 0.113. The number of pyridine rings is 1. The largest absolute Gasteiger partial charge is 0.391 e. The number of rotatable bonds is 7. The van der Waals surface area contributed by atoms with Crippen molar-refractivity contribution in [3.05, 3.63) is 42.2 Å². The first-order chi connectivity index (χ1) is 12.7. The second-order valence-electron chi connectivity index (χ2n) is 6.89. The molecule has 2 aliphatic rings. The molecule has 0 bridgehead atoms. The van der Waals surface area contributed by atoms with Crippen LogP contribution >= 0.6 is 0 Å². The van der Waals surface area contributed by atoms with E-state index in [0.717, 1.165) is 38.5 Å². The fraction of sp³-hybridized carbons (Fsp3) is 0.450. The van der Waals surface area contributed by atoms with Crippen LogP contribution < -0.4 is 15.3 Å². The molecule has 2 heterocycles. The van der Waals surface area contributed by atoms with Crippen molar-refractivity contribution in [1.29, 1.82) is 0 Å². The summed E-state index contributed by atoms with van der Waals surface area (Å²) in [7, 11) is 0. The molecule has 2 amide bonds. The van der Waals surface area contributed by atoms with Crippen LogP contribution in [0.3, 0.4) is 0 Å². The van der Waals surface area contributed by atoms with Crippen molar-refractivity contribution in [3.63, 3.8) is 0 Å². The first kappa shape index (κ1) is 18.1. The van der Waals surface area contributed by atoms with Gasteiger partial charge in [-0.2, -0.15) is 0 Å². The smallest absolute Gasteiger partial charge is 0.346 e. The number of allylic oxidation sites excluding steroid dienone is 1. The molecular weight excluding hydrogens is 328 g/mol. The van der Waals surface area contributed by atoms with Gasteiger partial charge < -0.3 is 10.6 Å². The van der Waals surface area contributed by atoms with Crippen molar-refractivity contribution in [2.75, 3.05) is 6.54 Å². The summed E-state index contributed by atoms with van der Waals surface area (Å²) in [4.78, 5) is 28.7. The lowest BCUT2D eigenvalue weighted by atomic mass is 9.78. The third kappa shape index (κ3) is 4.67. The average molecular weight is 353 g/mol. The summed E-state index contributed by atoms with van der Waals surface area (Å²) in [6.07, 6.45) is 13.8. The predicted molar refractivity (Wildman–Crippen MR) is 102 cm³/mol. The van der Waals surface area contributed by atoms with Gasteiger partial charge in [-0.1, -0.05) is 30.0 Å². The number of aromatic nitrogens is 1. The van der Waals surface area contributed by atoms with Crippen LogP contribution in [0.4, 0.5) is 0 Å². The van der Waals surface area contributed by atoms with Crippen LogP contribution in [-0.2, 0) is 4.79 Å². The van der Waals surface area contributed by atoms with E-state index in [9.17, 15) is 9.59 Å². The number of nitrogens with zero attached hydrogens (tertiary/aromatic N) is 2. The van der Waals surface area contributed by atoms with E-state index in [2.05, 4.69) is 20.3 Å². The Morgan fingerprint density at radius 3 is 2.69 bits per heavy atom. The molecule has 6 nitrogen and oxygen atoms in total. The highest BCUT2D eigenvalue weighted by molar-refractivity contribution is 6.44. The Kier molecular flexibility index (Phi) is 5.97. The number of hydrogen-bond donors (Lipinski definition) is 2. The Balaban J connectivity index is 1.53. The highest BCUT2D eigenvalue weighted by Gasteiger charge is 2.33. The first-order valence-electron chi connectivity index (χ1n) is 9.28. The molecule has 0 saturated heterocycles. The van der Waals surface area contributed by atoms with Crippen LogP contribution in [0.2, 0.25) is 0 Å². The van der Waals surface area contributed by atoms with Gasteiger partial charge in [0.15, 0.2) is 0 Å². The van der Waals surface area contributed by atoms with E-state index < -0.39 is 0 Å². The van der Waals surface area contributed by atoms with Crippen molar-refractivity contribution in [2.24, 2.45) is 0 Å². The van der Waals surface area contributed by atoms with Gasteiger partial charge in [-0.25, -0.2) is 0 Å². The third-order valence-corrected chi connectivity index (χ3v) is 4.99. The van der Waals surface area contributed by atoms with Crippen molar-refractivity contribution >= 4 is 23.7 Å². The maximum Gasteiger partial charge on any atom is 0.391 e. The Bertz CT molecular complexity index is 742. The summed E-state index contributed by atoms with van der Waals surface area (Å²) < 4.78 is 4.00. The van der Waals surface area contributed by atoms with Crippen LogP contribution in [0, 0.1) is 0 Å². The van der Waals surface area contributed by atoms with Gasteiger partial charge in [-0.05, 0) is 37.8 Å². The monoisotopic (exact) mass is 353 g/mol. The normalized spacial score (nSPS) is 17.6. The van der Waals surface area contributed by atoms with Crippen molar-refractivity contribution in [1.82, 2.24) is 20.3 Å². The van der Waals surface area contributed by atoms with Crippen LogP contribution in [0.25, 0.3) is 0 Å². The van der Waals surface area contributed by atoms with Gasteiger partial charge in [-0.15, -0.1) is 0 Å². The highest BCUT2D eigenvalue weighted by Crippen LogP contribution is 2.32. The lowest BCUT2D eigenvalue weighted by molar-refractivity contribution is -0.114. The molecule has 0 atom stereocenters. The minimum atomic E-state index is -0.198. The van der Waals surface area contributed by atoms with E-state index in [1.54, 1.807) is 36.7 Å². The van der Waals surface area contributed by atoms with E-state index in [0.29, 0.717) is 18.0 Å². The highest BCUT2D eigenvalue weighted by atomic mass is 16.2. The molecule has 0 spiro atoms. The van der Waals surface area contributed by atoms with Crippen LogP contribution in [-0.4, -0.2) is 40.8 Å². The van der Waals surface area contributed by atoms with E-state index >= 15 is 0 Å². The Morgan fingerprint density at radius 1 is 1.15 bits per heavy atom. The number of hydrogen-bond acceptors (Lipinski definition) is 3. The molecule has 1 aliphatic carbocycles. The average Bonchev–Trinajstić information content (AvgIpc) is 3.21. The molecule has 0 unspecified atom stereocenters. The topological polar surface area (TPSA) is 85.2 Å². The van der Waals surface area contributed by atoms with Crippen molar-refractivity contribution in [2.45, 2.75) is 50.5 Å². The summed E-state index contributed by atoms with van der Waals surface area (Å²) in [5.41, 5.74) is 0.699. The first-order valence-corrected chi connectivity index (χ1v) is 9.28. The van der Waals surface area contributed by atoms with Gasteiger partial charge in [0, 0.05) is 30.4 Å². The second kappa shape index (κ2) is 8.59. The van der Waals surface area contributed by atoms with Crippen LogP contribution in [0.5, 0.6) is 0 Å². The van der Waals surface area contributed by atoms with Gasteiger partial charge in [0.2, 0.25) is 0 Å². The Morgan fingerprint density at radius 2 is 2.00 bits per heavy atom. The van der Waals surface area contributed by atoms with Gasteiger partial charge in [-0.3, -0.25) is 14.6 Å². The molecule has 1 saturated carbocycles. The molecule has 0 aromatic carbocycles. The fourth-order valence-electron chi connectivity index (χ4n) is 3.62. The molecule has 0 radical (unpaired) electrons. The van der Waals surface area contributed by atoms with Gasteiger partial charge in [0.05, 0.1) is 0 Å². The minimum Gasteiger partial charge on any atom is -0.346 e. The SMILES string of the molecule is O=C(NCCCC1(NC(=O)c2ccccn2)CCCCC1)C1=[N+]=CC=C1. The molecule has 1 aromatic rings. The molecule has 3 rings (SSSR count). The zero-order valence-electron chi connectivity index (χ0n) is 14.9. The van der Waals surface area contributed by atoms with Crippen LogP contribution in [0.15, 0.2) is 36.5 Å². The van der Waals surface area contributed by atoms with E-state index in [1.165, 1.54) is 6.42 Å². The van der Waals surface area contributed by atoms with E-state index in [1.807, 2.05) is 6.07 Å². The lowest BCUT2D eigenvalue weighted by Crippen LogP contribution is -2.50. The lowest BCUT2D eigenvalue weighted by Gasteiger charge is -2.38. The number of amides is 2. The molecular formula is C20H25N4O2+. The second-order valence-corrected chi connectivity index (χ2v) is 6.89. The van der Waals surface area contributed by atoms with Crippen molar-refractivity contribution < 1.29 is 9.59 Å². The Hall–Kier alpha value is -2.72. The summed E-state index contributed by atoms with van der Waals surface area (Å²) >= 11 is 0. The molecule has 26 heavy (non-hydrogen) atoms. The summed E-state index contributed by atoms with van der Waals surface area (Å²) in [6.45, 7) is 0.576. The quantitative estimate of drug-likeness (QED) is 0.576. The zero-order chi connectivity index (χ0) is 18.2. The molecule has 1 aromatic heterocycles. The van der Waals surface area contributed by atoms with Gasteiger partial charge in [0.25, 0.3) is 12.1 Å². The summed E-state index contributed by atoms with van der Waals surface area (Å²) in [6, 6.07) is 5.36. The summed E-state index contributed by atoms with van der Waals surface area (Å²) in [5, 5.41) is 6.14. The molecule has 6 heteroatoms. The maximum atomic E-state index is 12.6. The van der Waals surface area contributed by atoms with E-state index in [4.69, 9.17) is 0 Å². The summed E-state index contributed by atoms with van der Waals surface area (Å²) in [5.74, 6) is -0.261. The predicted octanol–water partition coefficient (Wildman–Crippen LogP) is 1.56. The fourth-order valence-corrected chi connectivity index (χ4v) is 3.62. The van der Waals surface area contributed by atoms with E-state index in [-0.39, 0.29) is 17.4 Å². The third-order valence-electron chi connectivity index (χ3n) is 4.99. The molecule has 2 N–H and O–H groups in total. The maximum absolute atomic E-state index is 12.6. The number of carbonyl (C=O) groups is 2. The van der Waals surface area contributed by atoms with Crippen LogP contribution in [0.1, 0.15) is 55.4 Å². The molecule has 1 aliphatic heterocycles. The van der Waals surface area contributed by atoms with Gasteiger partial charge >= 0.3 is 11.6 Å². The van der Waals surface area contributed by atoms with Crippen molar-refractivity contribution in [3.8, 4) is 0 Å². The number of nitrogens with one attached hydrogen (secondary N) is 2. The number of carbonyl (C=O) groups excluding carboxylic acids is 2. The Labute approximate surface area is 153 Å².